The number of benzene rings is 1. The third-order valence-corrected chi connectivity index (χ3v) is 5.23. The van der Waals surface area contributed by atoms with E-state index in [1.807, 2.05) is 49.0 Å². The fourth-order valence-electron chi connectivity index (χ4n) is 2.00. The molecule has 2 heterocycles. The second-order valence-electron chi connectivity index (χ2n) is 4.62. The maximum absolute atomic E-state index is 12.3. The summed E-state index contributed by atoms with van der Waals surface area (Å²) in [6.45, 7) is 2.02. The summed E-state index contributed by atoms with van der Waals surface area (Å²) in [7, 11) is 1.83. The average molecular weight is 302 g/mol. The molecule has 0 saturated carbocycles. The highest BCUT2D eigenvalue weighted by Gasteiger charge is 2.21. The Morgan fingerprint density at radius 1 is 1.30 bits per heavy atom. The lowest BCUT2D eigenvalue weighted by atomic mass is 10.2. The number of hydrogen-bond acceptors (Lipinski definition) is 4. The molecule has 0 spiro atoms. The topological polar surface area (TPSA) is 33.2 Å². The van der Waals surface area contributed by atoms with Crippen LogP contribution in [0.4, 0.5) is 0 Å². The Kier molecular flexibility index (Phi) is 3.54. The van der Waals surface area contributed by atoms with E-state index in [-0.39, 0.29) is 11.9 Å². The number of amides is 1. The van der Waals surface area contributed by atoms with Crippen LogP contribution >= 0.6 is 22.7 Å². The maximum atomic E-state index is 12.3. The van der Waals surface area contributed by atoms with Crippen molar-refractivity contribution in [1.29, 1.82) is 0 Å². The number of carbonyl (C=O) groups is 1. The van der Waals surface area contributed by atoms with Crippen LogP contribution in [-0.4, -0.2) is 22.8 Å². The van der Waals surface area contributed by atoms with Crippen molar-refractivity contribution < 1.29 is 4.79 Å². The number of rotatable bonds is 3. The molecule has 2 aromatic heterocycles. The Hall–Kier alpha value is -1.72. The smallest absolute Gasteiger partial charge is 0.255 e. The number of para-hydroxylation sites is 1. The third kappa shape index (κ3) is 2.34. The molecule has 3 rings (SSSR count). The van der Waals surface area contributed by atoms with Gasteiger partial charge < -0.3 is 4.90 Å². The monoisotopic (exact) mass is 302 g/mol. The second kappa shape index (κ2) is 5.34. The molecule has 20 heavy (non-hydrogen) atoms. The number of thiazole rings is 1. The van der Waals surface area contributed by atoms with Gasteiger partial charge in [0.1, 0.15) is 5.01 Å². The Balaban J connectivity index is 1.87. The summed E-state index contributed by atoms with van der Waals surface area (Å²) < 4.78 is 1.16. The van der Waals surface area contributed by atoms with Gasteiger partial charge in [0.05, 0.1) is 21.8 Å². The van der Waals surface area contributed by atoms with Gasteiger partial charge in [-0.15, -0.1) is 11.3 Å². The van der Waals surface area contributed by atoms with Crippen molar-refractivity contribution in [2.45, 2.75) is 13.0 Å². The van der Waals surface area contributed by atoms with E-state index in [9.17, 15) is 4.79 Å². The standard InChI is InChI=1S/C15H14N2OS2/c1-10(17(2)15(18)11-7-8-19-9-11)14-16-12-5-3-4-6-13(12)20-14/h3-10H,1-2H3/t10-/m0/s1. The predicted molar refractivity (Wildman–Crippen MR) is 84.4 cm³/mol. The van der Waals surface area contributed by atoms with E-state index in [1.165, 1.54) is 11.3 Å². The van der Waals surface area contributed by atoms with Gasteiger partial charge in [0, 0.05) is 12.4 Å². The van der Waals surface area contributed by atoms with Gasteiger partial charge in [-0.1, -0.05) is 12.1 Å². The molecule has 102 valence electrons. The predicted octanol–water partition coefficient (Wildman–Crippen LogP) is 4.19. The number of carbonyl (C=O) groups excluding carboxylic acids is 1. The van der Waals surface area contributed by atoms with Gasteiger partial charge in [-0.2, -0.15) is 11.3 Å². The minimum absolute atomic E-state index is 0.0280. The van der Waals surface area contributed by atoms with Crippen molar-refractivity contribution >= 4 is 38.8 Å². The molecule has 3 aromatic rings. The van der Waals surface area contributed by atoms with Gasteiger partial charge in [0.15, 0.2) is 0 Å². The van der Waals surface area contributed by atoms with Crippen LogP contribution in [0.5, 0.6) is 0 Å². The summed E-state index contributed by atoms with van der Waals surface area (Å²) in [6.07, 6.45) is 0. The fraction of sp³-hybridized carbons (Fsp3) is 0.200. The van der Waals surface area contributed by atoms with Crippen molar-refractivity contribution in [1.82, 2.24) is 9.88 Å². The SMILES string of the molecule is C[C@@H](c1nc2ccccc2s1)N(C)C(=O)c1ccsc1. The Bertz CT molecular complexity index is 700. The first-order valence-electron chi connectivity index (χ1n) is 6.31. The highest BCUT2D eigenvalue weighted by atomic mass is 32.1. The van der Waals surface area contributed by atoms with Crippen LogP contribution in [0, 0.1) is 0 Å². The molecule has 0 bridgehead atoms. The molecule has 0 aliphatic carbocycles. The van der Waals surface area contributed by atoms with Crippen LogP contribution < -0.4 is 0 Å². The molecule has 0 aliphatic rings. The third-order valence-electron chi connectivity index (χ3n) is 3.34. The summed E-state index contributed by atoms with van der Waals surface area (Å²) in [5.41, 5.74) is 1.74. The molecule has 0 saturated heterocycles. The van der Waals surface area contributed by atoms with E-state index >= 15 is 0 Å². The minimum atomic E-state index is -0.0280. The Morgan fingerprint density at radius 2 is 2.10 bits per heavy atom. The fourth-order valence-corrected chi connectivity index (χ4v) is 3.69. The lowest BCUT2D eigenvalue weighted by molar-refractivity contribution is 0.0743. The summed E-state index contributed by atoms with van der Waals surface area (Å²) in [5.74, 6) is 0.0398. The molecular weight excluding hydrogens is 288 g/mol. The summed E-state index contributed by atoms with van der Waals surface area (Å²) >= 11 is 3.18. The van der Waals surface area contributed by atoms with Crippen LogP contribution in [0.1, 0.15) is 28.3 Å². The average Bonchev–Trinajstić information content (AvgIpc) is 3.13. The van der Waals surface area contributed by atoms with E-state index < -0.39 is 0 Å². The van der Waals surface area contributed by atoms with Gasteiger partial charge in [-0.3, -0.25) is 4.79 Å². The van der Waals surface area contributed by atoms with Gasteiger partial charge in [-0.25, -0.2) is 4.98 Å². The molecule has 1 aromatic carbocycles. The molecule has 3 nitrogen and oxygen atoms in total. The van der Waals surface area contributed by atoms with Crippen LogP contribution in [0.2, 0.25) is 0 Å². The van der Waals surface area contributed by atoms with Crippen molar-refractivity contribution in [2.24, 2.45) is 0 Å². The van der Waals surface area contributed by atoms with Gasteiger partial charge in [-0.05, 0) is 30.5 Å². The summed E-state index contributed by atoms with van der Waals surface area (Å²) in [4.78, 5) is 18.7. The van der Waals surface area contributed by atoms with E-state index in [1.54, 1.807) is 16.2 Å². The molecule has 1 amide bonds. The van der Waals surface area contributed by atoms with Crippen molar-refractivity contribution in [3.8, 4) is 0 Å². The summed E-state index contributed by atoms with van der Waals surface area (Å²) in [5, 5.41) is 4.77. The van der Waals surface area contributed by atoms with Gasteiger partial charge in [0.2, 0.25) is 0 Å². The molecule has 0 unspecified atom stereocenters. The molecule has 0 radical (unpaired) electrons. The maximum Gasteiger partial charge on any atom is 0.255 e. The number of nitrogens with zero attached hydrogens (tertiary/aromatic N) is 2. The first-order valence-corrected chi connectivity index (χ1v) is 8.07. The highest BCUT2D eigenvalue weighted by Crippen LogP contribution is 2.29. The van der Waals surface area contributed by atoms with Crippen LogP contribution in [-0.2, 0) is 0 Å². The quantitative estimate of drug-likeness (QED) is 0.727. The van der Waals surface area contributed by atoms with E-state index in [0.717, 1.165) is 20.8 Å². The van der Waals surface area contributed by atoms with Gasteiger partial charge >= 0.3 is 0 Å². The molecule has 0 aliphatic heterocycles. The first kappa shape index (κ1) is 13.3. The van der Waals surface area contributed by atoms with Crippen molar-refractivity contribution in [2.75, 3.05) is 7.05 Å². The number of aromatic nitrogens is 1. The zero-order chi connectivity index (χ0) is 14.1. The van der Waals surface area contributed by atoms with E-state index in [2.05, 4.69) is 11.1 Å². The molecule has 0 N–H and O–H groups in total. The zero-order valence-electron chi connectivity index (χ0n) is 11.2. The van der Waals surface area contributed by atoms with E-state index in [4.69, 9.17) is 0 Å². The summed E-state index contributed by atoms with van der Waals surface area (Å²) in [6, 6.07) is 9.88. The number of thiophene rings is 1. The van der Waals surface area contributed by atoms with Crippen LogP contribution in [0.3, 0.4) is 0 Å². The first-order chi connectivity index (χ1) is 9.66. The molecular formula is C15H14N2OS2. The van der Waals surface area contributed by atoms with Crippen LogP contribution in [0.25, 0.3) is 10.2 Å². The van der Waals surface area contributed by atoms with Crippen molar-refractivity contribution in [3.63, 3.8) is 0 Å². The molecule has 0 fully saturated rings. The molecule has 5 heteroatoms. The molecule has 1 atom stereocenters. The largest absolute Gasteiger partial charge is 0.332 e. The normalized spacial score (nSPS) is 12.5. The lowest BCUT2D eigenvalue weighted by Crippen LogP contribution is -2.29. The Labute approximate surface area is 125 Å². The van der Waals surface area contributed by atoms with E-state index in [0.29, 0.717) is 0 Å². The number of fused-ring (bicyclic) bond motifs is 1. The second-order valence-corrected chi connectivity index (χ2v) is 6.47. The minimum Gasteiger partial charge on any atom is -0.332 e. The zero-order valence-corrected chi connectivity index (χ0v) is 12.9. The van der Waals surface area contributed by atoms with Gasteiger partial charge in [0.25, 0.3) is 5.91 Å². The Morgan fingerprint density at radius 3 is 2.80 bits per heavy atom. The highest BCUT2D eigenvalue weighted by molar-refractivity contribution is 7.18. The van der Waals surface area contributed by atoms with Crippen molar-refractivity contribution in [3.05, 3.63) is 51.7 Å². The van der Waals surface area contributed by atoms with Crippen LogP contribution in [0.15, 0.2) is 41.1 Å². The number of hydrogen-bond donors (Lipinski definition) is 0. The lowest BCUT2D eigenvalue weighted by Gasteiger charge is -2.22.